The van der Waals surface area contributed by atoms with Gasteiger partial charge < -0.3 is 24.1 Å². The Bertz CT molecular complexity index is 1130. The van der Waals surface area contributed by atoms with Gasteiger partial charge in [0.2, 0.25) is 0 Å². The van der Waals surface area contributed by atoms with Gasteiger partial charge >= 0.3 is 5.97 Å². The van der Waals surface area contributed by atoms with Gasteiger partial charge in [0.25, 0.3) is 11.6 Å². The van der Waals surface area contributed by atoms with E-state index < -0.39 is 23.4 Å². The highest BCUT2D eigenvalue weighted by Gasteiger charge is 2.17. The van der Waals surface area contributed by atoms with Crippen LogP contribution < -0.4 is 10.1 Å². The molecule has 0 spiro atoms. The van der Waals surface area contributed by atoms with Crippen molar-refractivity contribution in [2.75, 3.05) is 32.8 Å². The summed E-state index contributed by atoms with van der Waals surface area (Å²) in [6, 6.07) is 7.29. The van der Waals surface area contributed by atoms with Crippen molar-refractivity contribution in [1.82, 2.24) is 4.57 Å². The van der Waals surface area contributed by atoms with E-state index >= 15 is 0 Å². The second-order valence-electron chi connectivity index (χ2n) is 6.91. The summed E-state index contributed by atoms with van der Waals surface area (Å²) in [5.41, 5.74) is 2.18. The number of hydrogen-bond donors (Lipinski definition) is 1. The van der Waals surface area contributed by atoms with E-state index in [1.807, 2.05) is 24.5 Å². The van der Waals surface area contributed by atoms with E-state index in [1.54, 1.807) is 13.2 Å². The Morgan fingerprint density at radius 1 is 1.27 bits per heavy atom. The van der Waals surface area contributed by atoms with Crippen molar-refractivity contribution >= 4 is 29.3 Å². The molecule has 2 aromatic rings. The van der Waals surface area contributed by atoms with E-state index in [1.165, 1.54) is 25.3 Å². The number of carbonyl (C=O) groups is 2. The first kappa shape index (κ1) is 25.1. The molecule has 11 heteroatoms. The van der Waals surface area contributed by atoms with E-state index in [4.69, 9.17) is 14.2 Å². The summed E-state index contributed by atoms with van der Waals surface area (Å²) in [5.74, 6) is -1.58. The number of nitro benzene ring substituents is 1. The number of anilines is 1. The van der Waals surface area contributed by atoms with Crippen molar-refractivity contribution in [1.29, 1.82) is 5.26 Å². The molecule has 2 rings (SSSR count). The van der Waals surface area contributed by atoms with Gasteiger partial charge in [-0.1, -0.05) is 0 Å². The highest BCUT2D eigenvalue weighted by atomic mass is 16.6. The van der Waals surface area contributed by atoms with Crippen LogP contribution >= 0.6 is 0 Å². The van der Waals surface area contributed by atoms with Crippen LogP contribution in [0.3, 0.4) is 0 Å². The zero-order valence-corrected chi connectivity index (χ0v) is 18.7. The number of amides is 1. The third-order valence-corrected chi connectivity index (χ3v) is 4.78. The number of esters is 1. The summed E-state index contributed by atoms with van der Waals surface area (Å²) in [7, 11) is 2.90. The fourth-order valence-electron chi connectivity index (χ4n) is 3.08. The van der Waals surface area contributed by atoms with E-state index in [2.05, 4.69) is 5.32 Å². The molecule has 0 bridgehead atoms. The number of nitriles is 1. The van der Waals surface area contributed by atoms with E-state index in [0.717, 1.165) is 17.5 Å². The molecule has 1 amide bonds. The molecule has 1 aromatic carbocycles. The van der Waals surface area contributed by atoms with Gasteiger partial charge in [-0.15, -0.1) is 0 Å². The lowest BCUT2D eigenvalue weighted by Crippen LogP contribution is -2.21. The molecule has 0 radical (unpaired) electrons. The number of carbonyl (C=O) groups excluding carboxylic acids is 2. The number of aryl methyl sites for hydroxylation is 1. The molecular weight excluding hydrogens is 432 g/mol. The number of nitrogens with zero attached hydrogens (tertiary/aromatic N) is 3. The quantitative estimate of drug-likeness (QED) is 0.189. The molecule has 1 heterocycles. The number of nitro groups is 1. The molecule has 0 aliphatic heterocycles. The van der Waals surface area contributed by atoms with Crippen LogP contribution in [0.2, 0.25) is 0 Å². The molecule has 0 saturated heterocycles. The Kier molecular flexibility index (Phi) is 8.71. The van der Waals surface area contributed by atoms with Gasteiger partial charge in [-0.05, 0) is 37.6 Å². The predicted octanol–water partition coefficient (Wildman–Crippen LogP) is 2.76. The molecule has 33 heavy (non-hydrogen) atoms. The van der Waals surface area contributed by atoms with Crippen LogP contribution in [0.15, 0.2) is 29.8 Å². The molecule has 174 valence electrons. The van der Waals surface area contributed by atoms with Gasteiger partial charge in [0.05, 0.1) is 30.4 Å². The van der Waals surface area contributed by atoms with E-state index in [9.17, 15) is 25.0 Å². The van der Waals surface area contributed by atoms with Gasteiger partial charge in [0, 0.05) is 31.1 Å². The lowest BCUT2D eigenvalue weighted by Gasteiger charge is -2.10. The number of benzene rings is 1. The van der Waals surface area contributed by atoms with Crippen LogP contribution in [0, 0.1) is 35.3 Å². The predicted molar refractivity (Wildman–Crippen MR) is 119 cm³/mol. The normalized spacial score (nSPS) is 10.9. The van der Waals surface area contributed by atoms with Gasteiger partial charge in [-0.2, -0.15) is 5.26 Å². The molecule has 1 N–H and O–H groups in total. The number of nitrogens with one attached hydrogen (secondary N) is 1. The third-order valence-electron chi connectivity index (χ3n) is 4.78. The van der Waals surface area contributed by atoms with Crippen molar-refractivity contribution in [3.63, 3.8) is 0 Å². The highest BCUT2D eigenvalue weighted by Crippen LogP contribution is 2.29. The van der Waals surface area contributed by atoms with E-state index in [-0.39, 0.29) is 22.7 Å². The van der Waals surface area contributed by atoms with E-state index in [0.29, 0.717) is 18.7 Å². The minimum absolute atomic E-state index is 0.0744. The van der Waals surface area contributed by atoms with Crippen LogP contribution in [0.25, 0.3) is 6.08 Å². The van der Waals surface area contributed by atoms with Gasteiger partial charge in [0.1, 0.15) is 17.4 Å². The maximum absolute atomic E-state index is 12.3. The molecule has 11 nitrogen and oxygen atoms in total. The number of aromatic nitrogens is 1. The molecule has 0 unspecified atom stereocenters. The summed E-state index contributed by atoms with van der Waals surface area (Å²) >= 11 is 0. The summed E-state index contributed by atoms with van der Waals surface area (Å²) < 4.78 is 17.1. The van der Waals surface area contributed by atoms with Crippen molar-refractivity contribution in [2.45, 2.75) is 20.4 Å². The van der Waals surface area contributed by atoms with Gasteiger partial charge in [0.15, 0.2) is 6.61 Å². The van der Waals surface area contributed by atoms with Crippen LogP contribution in [0.4, 0.5) is 11.4 Å². The summed E-state index contributed by atoms with van der Waals surface area (Å²) in [6.45, 7) is 4.24. The largest absolute Gasteiger partial charge is 0.494 e. The molecule has 0 saturated carbocycles. The Morgan fingerprint density at radius 3 is 2.61 bits per heavy atom. The number of methoxy groups -OCH3 is 2. The topological polar surface area (TPSA) is 146 Å². The average Bonchev–Trinajstić information content (AvgIpc) is 3.06. The number of rotatable bonds is 10. The second kappa shape index (κ2) is 11.4. The number of ether oxygens (including phenoxy) is 3. The molecule has 0 fully saturated rings. The standard InChI is InChI=1S/C22H24N4O7/c1-14-9-16(15(2)25(14)7-8-31-3)10-17(12-23)22(28)33-13-21(27)24-19-6-5-18(26(29)30)11-20(19)32-4/h5-6,9-11H,7-8,13H2,1-4H3,(H,24,27)/b17-10+. The Labute approximate surface area is 190 Å². The maximum atomic E-state index is 12.3. The minimum Gasteiger partial charge on any atom is -0.494 e. The Hall–Kier alpha value is -4.17. The molecular formula is C22H24N4O7. The first-order valence-corrected chi connectivity index (χ1v) is 9.78. The first-order valence-electron chi connectivity index (χ1n) is 9.78. The van der Waals surface area contributed by atoms with Crippen molar-refractivity contribution in [2.24, 2.45) is 0 Å². The van der Waals surface area contributed by atoms with Gasteiger partial charge in [-0.3, -0.25) is 14.9 Å². The first-order chi connectivity index (χ1) is 15.7. The lowest BCUT2D eigenvalue weighted by atomic mass is 10.1. The zero-order valence-electron chi connectivity index (χ0n) is 18.7. The SMILES string of the molecule is COCCn1c(C)cc(/C=C(\C#N)C(=O)OCC(=O)Nc2ccc([N+](=O)[O-])cc2OC)c1C. The number of non-ortho nitro benzene ring substituents is 1. The minimum atomic E-state index is -0.954. The van der Waals surface area contributed by atoms with Crippen molar-refractivity contribution in [3.8, 4) is 11.8 Å². The molecule has 0 aliphatic rings. The van der Waals surface area contributed by atoms with Crippen molar-refractivity contribution < 1.29 is 28.7 Å². The number of hydrogen-bond acceptors (Lipinski definition) is 8. The second-order valence-corrected chi connectivity index (χ2v) is 6.91. The zero-order chi connectivity index (χ0) is 24.5. The highest BCUT2D eigenvalue weighted by molar-refractivity contribution is 6.00. The summed E-state index contributed by atoms with van der Waals surface area (Å²) in [5, 5.41) is 22.7. The maximum Gasteiger partial charge on any atom is 0.349 e. The van der Waals surface area contributed by atoms with Crippen LogP contribution in [-0.4, -0.2) is 48.8 Å². The summed E-state index contributed by atoms with van der Waals surface area (Å²) in [4.78, 5) is 34.8. The molecule has 0 atom stereocenters. The van der Waals surface area contributed by atoms with Crippen LogP contribution in [0.1, 0.15) is 17.0 Å². The molecule has 0 aliphatic carbocycles. The fourth-order valence-corrected chi connectivity index (χ4v) is 3.08. The third kappa shape index (κ3) is 6.41. The van der Waals surface area contributed by atoms with Crippen molar-refractivity contribution in [3.05, 3.63) is 56.9 Å². The fraction of sp³-hybridized carbons (Fsp3) is 0.318. The monoisotopic (exact) mass is 456 g/mol. The summed E-state index contributed by atoms with van der Waals surface area (Å²) in [6.07, 6.45) is 1.41. The van der Waals surface area contributed by atoms with Gasteiger partial charge in [-0.25, -0.2) is 4.79 Å². The Balaban J connectivity index is 2.07. The van der Waals surface area contributed by atoms with Crippen LogP contribution in [-0.2, 0) is 25.6 Å². The average molecular weight is 456 g/mol. The van der Waals surface area contributed by atoms with Crippen LogP contribution in [0.5, 0.6) is 5.75 Å². The smallest absolute Gasteiger partial charge is 0.349 e. The molecule has 1 aromatic heterocycles. The Morgan fingerprint density at radius 2 is 2.00 bits per heavy atom. The lowest BCUT2D eigenvalue weighted by molar-refractivity contribution is -0.384.